The number of ether oxygens (including phenoxy) is 4. The Bertz CT molecular complexity index is 2660. The number of quaternary nitrogens is 1. The van der Waals surface area contributed by atoms with Crippen molar-refractivity contribution in [3.05, 3.63) is 255 Å². The van der Waals surface area contributed by atoms with E-state index in [4.69, 9.17) is 18.9 Å². The molecule has 572 valence electrons. The third kappa shape index (κ3) is 82.0. The Balaban J connectivity index is 4.24. The molecular formula is C94H144NO8+. The molecule has 0 amide bonds. The fourth-order valence-corrected chi connectivity index (χ4v) is 9.81. The van der Waals surface area contributed by atoms with Gasteiger partial charge in [0.05, 0.1) is 34.4 Å². The average Bonchev–Trinajstić information content (AvgIpc) is 1.01. The van der Waals surface area contributed by atoms with Crippen LogP contribution >= 0.6 is 0 Å². The lowest BCUT2D eigenvalue weighted by atomic mass is 10.1. The van der Waals surface area contributed by atoms with Crippen molar-refractivity contribution in [3.8, 4) is 0 Å². The van der Waals surface area contributed by atoms with E-state index in [1.54, 1.807) is 0 Å². The Morgan fingerprint density at radius 3 is 0.777 bits per heavy atom. The van der Waals surface area contributed by atoms with Crippen molar-refractivity contribution in [1.82, 2.24) is 0 Å². The summed E-state index contributed by atoms with van der Waals surface area (Å²) in [6.45, 7) is 4.58. The van der Waals surface area contributed by atoms with E-state index in [1.807, 2.05) is 21.1 Å². The van der Waals surface area contributed by atoms with Gasteiger partial charge in [-0.2, -0.15) is 0 Å². The van der Waals surface area contributed by atoms with E-state index in [2.05, 4.69) is 269 Å². The molecule has 9 nitrogen and oxygen atoms in total. The van der Waals surface area contributed by atoms with Crippen molar-refractivity contribution in [2.45, 2.75) is 270 Å². The van der Waals surface area contributed by atoms with Gasteiger partial charge in [0, 0.05) is 12.8 Å². The molecule has 0 saturated carbocycles. The number of hydrogen-bond acceptors (Lipinski definition) is 7. The number of carboxylic acids is 1. The molecule has 0 aliphatic heterocycles. The van der Waals surface area contributed by atoms with Crippen LogP contribution in [0.4, 0.5) is 0 Å². The average molecular weight is 1420 g/mol. The molecule has 0 radical (unpaired) electrons. The number of carbonyl (C=O) groups is 3. The molecule has 0 aromatic rings. The predicted octanol–water partition coefficient (Wildman–Crippen LogP) is 26.1. The van der Waals surface area contributed by atoms with Crippen LogP contribution in [0.15, 0.2) is 255 Å². The highest BCUT2D eigenvalue weighted by molar-refractivity contribution is 5.71. The molecule has 0 saturated heterocycles. The zero-order chi connectivity index (χ0) is 74.6. The summed E-state index contributed by atoms with van der Waals surface area (Å²) in [5, 5.41) is 9.77. The molecule has 0 heterocycles. The summed E-state index contributed by atoms with van der Waals surface area (Å²) in [5.74, 6) is -2.08. The Morgan fingerprint density at radius 2 is 0.524 bits per heavy atom. The largest absolute Gasteiger partial charge is 0.477 e. The van der Waals surface area contributed by atoms with Gasteiger partial charge in [-0.25, -0.2) is 4.79 Å². The summed E-state index contributed by atoms with van der Waals surface area (Å²) in [6.07, 6.45) is 128. The molecule has 2 unspecified atom stereocenters. The SMILES string of the molecule is CC/C=C\C/C=C\C/C=C\C/C=C\C/C=C\C/C=C\C/C=C\C/C=C\C/C=C\C/C=C\C/C=C\C/C=C\CCCCCCC(=O)OC(COC(=O)CCCCCCCCCCC/C=C\C/C=C\C/C=C\C/C=C\C/C=C\C/C=C\C/C=C\C/C=C\C/C=C\CC)COC(OCC[N+](C)(C)C)C(=O)O. The molecule has 0 aliphatic carbocycles. The minimum atomic E-state index is -1.54. The highest BCUT2D eigenvalue weighted by Gasteiger charge is 2.25. The van der Waals surface area contributed by atoms with E-state index in [-0.39, 0.29) is 38.6 Å². The Kier molecular flexibility index (Phi) is 74.9. The second kappa shape index (κ2) is 80.5. The van der Waals surface area contributed by atoms with E-state index >= 15 is 0 Å². The summed E-state index contributed by atoms with van der Waals surface area (Å²) in [5.41, 5.74) is 0. The first-order valence-electron chi connectivity index (χ1n) is 39.8. The molecule has 0 rings (SSSR count). The molecule has 0 aromatic heterocycles. The number of hydrogen-bond donors (Lipinski definition) is 1. The van der Waals surface area contributed by atoms with Crippen LogP contribution < -0.4 is 0 Å². The lowest BCUT2D eigenvalue weighted by Crippen LogP contribution is -2.40. The number of allylic oxidation sites excluding steroid dienone is 42. The van der Waals surface area contributed by atoms with Crippen LogP contribution in [0.5, 0.6) is 0 Å². The fraction of sp³-hybridized carbons (Fsp3) is 0.521. The fourth-order valence-electron chi connectivity index (χ4n) is 9.81. The third-order valence-corrected chi connectivity index (χ3v) is 15.8. The highest BCUT2D eigenvalue weighted by atomic mass is 16.7. The molecule has 0 fully saturated rings. The van der Waals surface area contributed by atoms with Gasteiger partial charge < -0.3 is 28.5 Å². The van der Waals surface area contributed by atoms with E-state index < -0.39 is 24.3 Å². The number of carboxylic acid groups (broad SMARTS) is 1. The molecule has 9 heteroatoms. The number of aliphatic carboxylic acids is 1. The molecular weight excluding hydrogens is 1270 g/mol. The minimum Gasteiger partial charge on any atom is -0.477 e. The first-order valence-corrected chi connectivity index (χ1v) is 39.8. The summed E-state index contributed by atoms with van der Waals surface area (Å²) >= 11 is 0. The Labute approximate surface area is 630 Å². The Hall–Kier alpha value is -7.17. The van der Waals surface area contributed by atoms with Crippen LogP contribution in [0, 0.1) is 0 Å². The van der Waals surface area contributed by atoms with Gasteiger partial charge in [0.25, 0.3) is 6.29 Å². The number of rotatable bonds is 70. The van der Waals surface area contributed by atoms with Crippen molar-refractivity contribution in [2.24, 2.45) is 0 Å². The smallest absolute Gasteiger partial charge is 0.361 e. The van der Waals surface area contributed by atoms with Gasteiger partial charge in [0.1, 0.15) is 13.2 Å². The highest BCUT2D eigenvalue weighted by Crippen LogP contribution is 2.15. The number of unbranched alkanes of at least 4 members (excludes halogenated alkanes) is 13. The topological polar surface area (TPSA) is 108 Å². The molecule has 0 bridgehead atoms. The monoisotopic (exact) mass is 1420 g/mol. The summed E-state index contributed by atoms with van der Waals surface area (Å²) in [6, 6.07) is 0. The van der Waals surface area contributed by atoms with Crippen molar-refractivity contribution in [3.63, 3.8) is 0 Å². The maximum Gasteiger partial charge on any atom is 0.361 e. The minimum absolute atomic E-state index is 0.167. The van der Waals surface area contributed by atoms with Gasteiger partial charge in [-0.3, -0.25) is 9.59 Å². The zero-order valence-corrected chi connectivity index (χ0v) is 65.4. The zero-order valence-electron chi connectivity index (χ0n) is 65.4. The first-order chi connectivity index (χ1) is 50.6. The first kappa shape index (κ1) is 95.8. The van der Waals surface area contributed by atoms with E-state index in [1.165, 1.54) is 32.1 Å². The second-order valence-electron chi connectivity index (χ2n) is 26.6. The molecule has 0 aromatic carbocycles. The van der Waals surface area contributed by atoms with Crippen molar-refractivity contribution in [1.29, 1.82) is 0 Å². The second-order valence-corrected chi connectivity index (χ2v) is 26.6. The molecule has 1 N–H and O–H groups in total. The van der Waals surface area contributed by atoms with Crippen molar-refractivity contribution >= 4 is 17.9 Å². The van der Waals surface area contributed by atoms with Crippen LogP contribution in [-0.4, -0.2) is 87.4 Å². The number of nitrogens with zero attached hydrogens (tertiary/aromatic N) is 1. The number of likely N-dealkylation sites (N-methyl/N-ethyl adjacent to an activating group) is 1. The summed E-state index contributed by atoms with van der Waals surface area (Å²) in [4.78, 5) is 37.7. The van der Waals surface area contributed by atoms with Gasteiger partial charge in [0.15, 0.2) is 6.10 Å². The van der Waals surface area contributed by atoms with E-state index in [0.717, 1.165) is 193 Å². The van der Waals surface area contributed by atoms with Gasteiger partial charge >= 0.3 is 17.9 Å². The van der Waals surface area contributed by atoms with Gasteiger partial charge in [-0.1, -0.05) is 327 Å². The van der Waals surface area contributed by atoms with Crippen LogP contribution in [-0.2, 0) is 33.3 Å². The summed E-state index contributed by atoms with van der Waals surface area (Å²) in [7, 11) is 5.95. The molecule has 0 spiro atoms. The normalized spacial score (nSPS) is 14.1. The maximum absolute atomic E-state index is 13.0. The predicted molar refractivity (Wildman–Crippen MR) is 446 cm³/mol. The van der Waals surface area contributed by atoms with Crippen molar-refractivity contribution in [2.75, 3.05) is 47.5 Å². The quantitative estimate of drug-likeness (QED) is 0.0211. The van der Waals surface area contributed by atoms with Crippen LogP contribution in [0.25, 0.3) is 0 Å². The van der Waals surface area contributed by atoms with Gasteiger partial charge in [-0.15, -0.1) is 0 Å². The molecule has 2 atom stereocenters. The molecule has 0 aliphatic rings. The molecule has 103 heavy (non-hydrogen) atoms. The van der Waals surface area contributed by atoms with Crippen LogP contribution in [0.2, 0.25) is 0 Å². The standard InChI is InChI=1S/C94H143NO8/c1-6-8-10-12-14-16-18-20-22-24-26-28-30-32-34-36-38-40-42-44-45-46-47-49-51-53-55-57-59-61-63-65-67-69-71-73-75-77-79-81-83-85-92(97)103-90(89-102-94(93(98)99)100-87-86-95(3,4)5)88-101-91(96)84-82-80-78-76-74-72-70-68-66-64-62-60-58-56-54-52-50-48-43-41-39-37-35-33-31-29-27-25-23-21-19-17-15-13-11-9-7-2/h8-11,14-17,20-23,26-29,32-35,38-41,44-45,47-50,53-56,59-62,65,67,71,73,90,94H,6-7,12-13,18-19,24-25,30-31,36-37,42-43,46,51-52,57-58,63-64,66,68-70,72,74-89H2,1-5H3/p+1/b10-8-,11-9-,16-14-,17-15-,22-20-,23-21-,28-26-,29-27-,34-32-,35-33-,40-38-,41-39-,45-44-,49-47-,50-48-,55-53-,56-54-,61-59-,62-60-,67-65-,73-71-. The lowest BCUT2D eigenvalue weighted by Gasteiger charge is -2.25. The van der Waals surface area contributed by atoms with Gasteiger partial charge in [0.2, 0.25) is 0 Å². The third-order valence-electron chi connectivity index (χ3n) is 15.8. The summed E-state index contributed by atoms with van der Waals surface area (Å²) < 4.78 is 23.0. The van der Waals surface area contributed by atoms with Crippen LogP contribution in [0.3, 0.4) is 0 Å². The van der Waals surface area contributed by atoms with E-state index in [0.29, 0.717) is 17.4 Å². The lowest BCUT2D eigenvalue weighted by molar-refractivity contribution is -0.870. The van der Waals surface area contributed by atoms with Crippen molar-refractivity contribution < 1.29 is 42.9 Å². The number of carbonyl (C=O) groups excluding carboxylic acids is 2. The van der Waals surface area contributed by atoms with Crippen LogP contribution in [0.1, 0.15) is 258 Å². The van der Waals surface area contributed by atoms with Gasteiger partial charge in [-0.05, 0) is 173 Å². The van der Waals surface area contributed by atoms with E-state index in [9.17, 15) is 19.5 Å². The number of esters is 2. The maximum atomic E-state index is 13.0. The Morgan fingerprint density at radius 1 is 0.291 bits per heavy atom.